The van der Waals surface area contributed by atoms with Crippen molar-refractivity contribution in [3.63, 3.8) is 0 Å². The van der Waals surface area contributed by atoms with E-state index in [1.165, 1.54) is 24.4 Å². The average Bonchev–Trinajstić information content (AvgIpc) is 2.19. The van der Waals surface area contributed by atoms with Crippen molar-refractivity contribution in [2.24, 2.45) is 0 Å². The molecule has 0 N–H and O–H groups in total. The molecule has 2 heterocycles. The second-order valence-corrected chi connectivity index (χ2v) is 3.76. The molecule has 14 heavy (non-hydrogen) atoms. The Morgan fingerprint density at radius 1 is 1.07 bits per heavy atom. The average molecular weight is 225 g/mol. The van der Waals surface area contributed by atoms with Crippen LogP contribution in [-0.4, -0.2) is 19.9 Å². The maximum atomic E-state index is 5.71. The van der Waals surface area contributed by atoms with E-state index in [-0.39, 0.29) is 0 Å². The summed E-state index contributed by atoms with van der Waals surface area (Å²) in [4.78, 5) is 15.7. The van der Waals surface area contributed by atoms with Crippen LogP contribution in [0.1, 0.15) is 0 Å². The fraction of sp³-hybridized carbons (Fsp3) is 0. The Morgan fingerprint density at radius 2 is 1.93 bits per heavy atom. The summed E-state index contributed by atoms with van der Waals surface area (Å²) in [5.41, 5.74) is 0. The van der Waals surface area contributed by atoms with Crippen molar-refractivity contribution < 1.29 is 0 Å². The highest BCUT2D eigenvalue weighted by Crippen LogP contribution is 2.23. The first-order valence-electron chi connectivity index (χ1n) is 3.76. The van der Waals surface area contributed by atoms with Gasteiger partial charge in [-0.1, -0.05) is 11.6 Å². The summed E-state index contributed by atoms with van der Waals surface area (Å²) in [5.74, 6) is 0. The summed E-state index contributed by atoms with van der Waals surface area (Å²) < 4.78 is 0. The third-order valence-corrected chi connectivity index (χ3v) is 2.46. The Kier molecular flexibility index (Phi) is 2.90. The molecule has 4 nitrogen and oxygen atoms in total. The van der Waals surface area contributed by atoms with Gasteiger partial charge in [0, 0.05) is 12.3 Å². The van der Waals surface area contributed by atoms with Gasteiger partial charge < -0.3 is 0 Å². The minimum atomic E-state index is 0.427. The van der Waals surface area contributed by atoms with Crippen LogP contribution in [0.15, 0.2) is 41.0 Å². The van der Waals surface area contributed by atoms with Crippen LogP contribution in [0.25, 0.3) is 0 Å². The lowest BCUT2D eigenvalue weighted by atomic mass is 10.7. The number of halogens is 1. The number of hydrogen-bond donors (Lipinski definition) is 0. The molecule has 2 rings (SSSR count). The van der Waals surface area contributed by atoms with E-state index in [4.69, 9.17) is 11.6 Å². The highest BCUT2D eigenvalue weighted by atomic mass is 35.5. The van der Waals surface area contributed by atoms with Gasteiger partial charge in [-0.25, -0.2) is 19.9 Å². The molecule has 0 aliphatic carbocycles. The molecule has 0 bridgehead atoms. The van der Waals surface area contributed by atoms with E-state index in [0.29, 0.717) is 5.15 Å². The van der Waals surface area contributed by atoms with Gasteiger partial charge in [-0.05, 0) is 17.8 Å². The third kappa shape index (κ3) is 2.40. The van der Waals surface area contributed by atoms with Gasteiger partial charge in [-0.15, -0.1) is 0 Å². The molecule has 0 radical (unpaired) electrons. The Hall–Kier alpha value is -1.20. The molecule has 0 aliphatic heterocycles. The predicted molar refractivity (Wildman–Crippen MR) is 53.2 cm³/mol. The Labute approximate surface area is 89.8 Å². The topological polar surface area (TPSA) is 51.6 Å². The zero-order valence-electron chi connectivity index (χ0n) is 6.96. The molecule has 0 atom stereocenters. The first kappa shape index (κ1) is 9.36. The molecule has 0 amide bonds. The van der Waals surface area contributed by atoms with Crippen LogP contribution < -0.4 is 0 Å². The van der Waals surface area contributed by atoms with E-state index in [1.807, 2.05) is 0 Å². The molecule has 70 valence electrons. The molecular weight excluding hydrogens is 220 g/mol. The number of rotatable bonds is 2. The van der Waals surface area contributed by atoms with E-state index < -0.39 is 0 Å². The largest absolute Gasteiger partial charge is 0.245 e. The van der Waals surface area contributed by atoms with Gasteiger partial charge in [0.05, 0.1) is 0 Å². The van der Waals surface area contributed by atoms with Crippen LogP contribution in [0, 0.1) is 0 Å². The van der Waals surface area contributed by atoms with Gasteiger partial charge in [0.1, 0.15) is 27.9 Å². The minimum Gasteiger partial charge on any atom is -0.245 e. The quantitative estimate of drug-likeness (QED) is 0.731. The molecule has 0 fully saturated rings. The van der Waals surface area contributed by atoms with E-state index >= 15 is 0 Å². The number of aromatic nitrogens is 4. The second-order valence-electron chi connectivity index (χ2n) is 2.33. The first-order valence-corrected chi connectivity index (χ1v) is 4.95. The van der Waals surface area contributed by atoms with Crippen molar-refractivity contribution in [3.8, 4) is 0 Å². The van der Waals surface area contributed by atoms with E-state index in [2.05, 4.69) is 19.9 Å². The van der Waals surface area contributed by atoms with Crippen LogP contribution >= 0.6 is 23.4 Å². The summed E-state index contributed by atoms with van der Waals surface area (Å²) in [6.45, 7) is 0. The fourth-order valence-electron chi connectivity index (χ4n) is 0.819. The van der Waals surface area contributed by atoms with Crippen molar-refractivity contribution >= 4 is 23.4 Å². The molecule has 6 heteroatoms. The van der Waals surface area contributed by atoms with Crippen LogP contribution in [0.3, 0.4) is 0 Å². The summed E-state index contributed by atoms with van der Waals surface area (Å²) in [5, 5.41) is 2.02. The highest BCUT2D eigenvalue weighted by Gasteiger charge is 2.00. The van der Waals surface area contributed by atoms with Crippen molar-refractivity contribution in [1.82, 2.24) is 19.9 Å². The normalized spacial score (nSPS) is 10.1. The fourth-order valence-corrected chi connectivity index (χ4v) is 1.74. The van der Waals surface area contributed by atoms with Crippen LogP contribution in [0.5, 0.6) is 0 Å². The number of hydrogen-bond acceptors (Lipinski definition) is 5. The van der Waals surface area contributed by atoms with Crippen LogP contribution in [0.2, 0.25) is 5.15 Å². The lowest BCUT2D eigenvalue weighted by Gasteiger charge is -1.98. The Bertz CT molecular complexity index is 423. The van der Waals surface area contributed by atoms with Gasteiger partial charge in [-0.2, -0.15) is 0 Å². The summed E-state index contributed by atoms with van der Waals surface area (Å²) in [6, 6.07) is 3.50. The van der Waals surface area contributed by atoms with Gasteiger partial charge in [0.25, 0.3) is 0 Å². The molecule has 0 spiro atoms. The SMILES string of the molecule is Clc1cc(Sc2ccncn2)ncn1. The standard InChI is InChI=1S/C8H5ClN4S/c9-6-3-8(13-5-11-6)14-7-1-2-10-4-12-7/h1-5H. The zero-order valence-corrected chi connectivity index (χ0v) is 8.53. The molecule has 0 saturated carbocycles. The minimum absolute atomic E-state index is 0.427. The molecule has 0 aromatic carbocycles. The Morgan fingerprint density at radius 3 is 2.64 bits per heavy atom. The van der Waals surface area contributed by atoms with Gasteiger partial charge >= 0.3 is 0 Å². The highest BCUT2D eigenvalue weighted by molar-refractivity contribution is 7.99. The maximum absolute atomic E-state index is 5.71. The molecule has 2 aromatic heterocycles. The predicted octanol–water partition coefficient (Wildman–Crippen LogP) is 2.07. The molecule has 0 aliphatic rings. The van der Waals surface area contributed by atoms with E-state index in [1.54, 1.807) is 18.3 Å². The lowest BCUT2D eigenvalue weighted by molar-refractivity contribution is 1.02. The molecule has 0 unspecified atom stereocenters. The van der Waals surface area contributed by atoms with Crippen molar-refractivity contribution in [3.05, 3.63) is 36.1 Å². The molecular formula is C8H5ClN4S. The second kappa shape index (κ2) is 4.34. The van der Waals surface area contributed by atoms with Crippen LogP contribution in [0.4, 0.5) is 0 Å². The smallest absolute Gasteiger partial charge is 0.133 e. The maximum Gasteiger partial charge on any atom is 0.133 e. The molecule has 0 saturated heterocycles. The Balaban J connectivity index is 2.19. The van der Waals surface area contributed by atoms with Gasteiger partial charge in [0.2, 0.25) is 0 Å². The van der Waals surface area contributed by atoms with Crippen molar-refractivity contribution in [2.75, 3.05) is 0 Å². The monoisotopic (exact) mass is 224 g/mol. The van der Waals surface area contributed by atoms with E-state index in [0.717, 1.165) is 10.1 Å². The first-order chi connectivity index (χ1) is 6.84. The summed E-state index contributed by atoms with van der Waals surface area (Å²) >= 11 is 7.13. The van der Waals surface area contributed by atoms with Crippen molar-refractivity contribution in [2.45, 2.75) is 10.1 Å². The summed E-state index contributed by atoms with van der Waals surface area (Å²) in [7, 11) is 0. The van der Waals surface area contributed by atoms with Crippen LogP contribution in [-0.2, 0) is 0 Å². The molecule has 2 aromatic rings. The lowest BCUT2D eigenvalue weighted by Crippen LogP contribution is -1.84. The van der Waals surface area contributed by atoms with E-state index in [9.17, 15) is 0 Å². The third-order valence-electron chi connectivity index (χ3n) is 1.37. The zero-order chi connectivity index (χ0) is 9.80. The summed E-state index contributed by atoms with van der Waals surface area (Å²) in [6.07, 6.45) is 4.59. The van der Waals surface area contributed by atoms with Crippen molar-refractivity contribution in [1.29, 1.82) is 0 Å². The van der Waals surface area contributed by atoms with Gasteiger partial charge in [0.15, 0.2) is 0 Å². The number of nitrogens with zero attached hydrogens (tertiary/aromatic N) is 4. The van der Waals surface area contributed by atoms with Gasteiger partial charge in [-0.3, -0.25) is 0 Å².